The molecule has 4 nitrogen and oxygen atoms in total. The van der Waals surface area contributed by atoms with E-state index in [0.717, 1.165) is 32.1 Å². The lowest BCUT2D eigenvalue weighted by Crippen LogP contribution is -2.35. The van der Waals surface area contributed by atoms with Crippen molar-refractivity contribution in [2.75, 3.05) is 6.61 Å². The van der Waals surface area contributed by atoms with E-state index in [1.165, 1.54) is 0 Å². The molecule has 1 N–H and O–H groups in total. The predicted octanol–water partition coefficient (Wildman–Crippen LogP) is 2.47. The van der Waals surface area contributed by atoms with E-state index >= 15 is 0 Å². The third-order valence-corrected chi connectivity index (χ3v) is 3.68. The van der Waals surface area contributed by atoms with Crippen molar-refractivity contribution in [3.05, 3.63) is 0 Å². The lowest BCUT2D eigenvalue weighted by atomic mass is 9.74. The smallest absolute Gasteiger partial charge is 0.320 e. The Morgan fingerprint density at radius 2 is 2.06 bits per heavy atom. The minimum Gasteiger partial charge on any atom is -0.481 e. The van der Waals surface area contributed by atoms with Gasteiger partial charge in [-0.2, -0.15) is 0 Å². The average Bonchev–Trinajstić information content (AvgIpc) is 2.29. The van der Waals surface area contributed by atoms with Crippen LogP contribution in [0.4, 0.5) is 0 Å². The standard InChI is InChI=1S/C13H22O4/c1-3-9-6-5-7-10(8-9)11(12(14)15)13(16)17-4-2/h9-11H,3-8H2,1-2H3,(H,14,15). The number of aliphatic carboxylic acids is 1. The van der Waals surface area contributed by atoms with E-state index in [1.807, 2.05) is 0 Å². The zero-order chi connectivity index (χ0) is 12.8. The molecule has 1 aliphatic carbocycles. The molecule has 0 spiro atoms. The molecule has 0 aliphatic heterocycles. The topological polar surface area (TPSA) is 63.6 Å². The van der Waals surface area contributed by atoms with Gasteiger partial charge >= 0.3 is 11.9 Å². The van der Waals surface area contributed by atoms with Gasteiger partial charge in [0.1, 0.15) is 0 Å². The zero-order valence-electron chi connectivity index (χ0n) is 10.6. The molecule has 1 saturated carbocycles. The number of rotatable bonds is 5. The maximum Gasteiger partial charge on any atom is 0.320 e. The van der Waals surface area contributed by atoms with Crippen molar-refractivity contribution < 1.29 is 19.4 Å². The Hall–Kier alpha value is -1.06. The first-order valence-corrected chi connectivity index (χ1v) is 6.49. The van der Waals surface area contributed by atoms with Crippen LogP contribution in [-0.4, -0.2) is 23.7 Å². The molecular weight excluding hydrogens is 220 g/mol. The van der Waals surface area contributed by atoms with E-state index in [4.69, 9.17) is 4.74 Å². The second kappa shape index (κ2) is 6.62. The predicted molar refractivity (Wildman–Crippen MR) is 63.5 cm³/mol. The fourth-order valence-corrected chi connectivity index (χ4v) is 2.73. The molecule has 1 fully saturated rings. The monoisotopic (exact) mass is 242 g/mol. The second-order valence-corrected chi connectivity index (χ2v) is 4.77. The number of ether oxygens (including phenoxy) is 1. The van der Waals surface area contributed by atoms with Crippen molar-refractivity contribution in [1.82, 2.24) is 0 Å². The van der Waals surface area contributed by atoms with E-state index in [1.54, 1.807) is 6.92 Å². The van der Waals surface area contributed by atoms with Gasteiger partial charge in [0.2, 0.25) is 0 Å². The van der Waals surface area contributed by atoms with E-state index in [-0.39, 0.29) is 12.5 Å². The Labute approximate surface area is 102 Å². The second-order valence-electron chi connectivity index (χ2n) is 4.77. The molecule has 1 aliphatic rings. The number of carbonyl (C=O) groups excluding carboxylic acids is 1. The summed E-state index contributed by atoms with van der Waals surface area (Å²) in [7, 11) is 0. The Balaban J connectivity index is 2.69. The summed E-state index contributed by atoms with van der Waals surface area (Å²) in [6.07, 6.45) is 4.90. The number of carboxylic acids is 1. The van der Waals surface area contributed by atoms with Crippen molar-refractivity contribution >= 4 is 11.9 Å². The van der Waals surface area contributed by atoms with Crippen LogP contribution in [0.5, 0.6) is 0 Å². The first-order chi connectivity index (χ1) is 8.10. The molecule has 3 atom stereocenters. The molecule has 0 aromatic carbocycles. The first-order valence-electron chi connectivity index (χ1n) is 6.49. The average molecular weight is 242 g/mol. The summed E-state index contributed by atoms with van der Waals surface area (Å²) in [6.45, 7) is 4.06. The Morgan fingerprint density at radius 1 is 1.35 bits per heavy atom. The maximum absolute atomic E-state index is 11.7. The van der Waals surface area contributed by atoms with Gasteiger partial charge in [0.25, 0.3) is 0 Å². The van der Waals surface area contributed by atoms with Crippen LogP contribution in [0.2, 0.25) is 0 Å². The third-order valence-electron chi connectivity index (χ3n) is 3.68. The fourth-order valence-electron chi connectivity index (χ4n) is 2.73. The number of hydrogen-bond donors (Lipinski definition) is 1. The summed E-state index contributed by atoms with van der Waals surface area (Å²) < 4.78 is 4.87. The maximum atomic E-state index is 11.7. The van der Waals surface area contributed by atoms with Crippen molar-refractivity contribution in [2.24, 2.45) is 17.8 Å². The zero-order valence-corrected chi connectivity index (χ0v) is 10.6. The number of esters is 1. The molecule has 0 aromatic heterocycles. The lowest BCUT2D eigenvalue weighted by Gasteiger charge is -2.31. The van der Waals surface area contributed by atoms with Crippen LogP contribution in [0.25, 0.3) is 0 Å². The SMILES string of the molecule is CCOC(=O)C(C(=O)O)C1CCCC(CC)C1. The van der Waals surface area contributed by atoms with Gasteiger partial charge in [0.15, 0.2) is 5.92 Å². The van der Waals surface area contributed by atoms with Crippen molar-refractivity contribution in [2.45, 2.75) is 46.0 Å². The first kappa shape index (κ1) is 14.0. The van der Waals surface area contributed by atoms with Crippen LogP contribution in [0.3, 0.4) is 0 Å². The quantitative estimate of drug-likeness (QED) is 0.594. The molecule has 17 heavy (non-hydrogen) atoms. The lowest BCUT2D eigenvalue weighted by molar-refractivity contribution is -0.162. The molecule has 1 rings (SSSR count). The molecule has 0 radical (unpaired) electrons. The van der Waals surface area contributed by atoms with E-state index in [2.05, 4.69) is 6.92 Å². The van der Waals surface area contributed by atoms with Crippen LogP contribution in [0, 0.1) is 17.8 Å². The van der Waals surface area contributed by atoms with Crippen molar-refractivity contribution in [3.8, 4) is 0 Å². The molecule has 98 valence electrons. The molecule has 0 amide bonds. The van der Waals surface area contributed by atoms with Crippen LogP contribution in [0.1, 0.15) is 46.0 Å². The highest BCUT2D eigenvalue weighted by atomic mass is 16.5. The van der Waals surface area contributed by atoms with Gasteiger partial charge in [-0.1, -0.05) is 26.2 Å². The Bertz CT molecular complexity index is 275. The van der Waals surface area contributed by atoms with Crippen LogP contribution >= 0.6 is 0 Å². The normalized spacial score (nSPS) is 26.2. The van der Waals surface area contributed by atoms with Gasteiger partial charge < -0.3 is 9.84 Å². The van der Waals surface area contributed by atoms with Crippen molar-refractivity contribution in [3.63, 3.8) is 0 Å². The van der Waals surface area contributed by atoms with Gasteiger partial charge in [-0.3, -0.25) is 9.59 Å². The molecule has 4 heteroatoms. The van der Waals surface area contributed by atoms with Crippen LogP contribution in [-0.2, 0) is 14.3 Å². The largest absolute Gasteiger partial charge is 0.481 e. The molecule has 3 unspecified atom stereocenters. The third kappa shape index (κ3) is 3.72. The fraction of sp³-hybridized carbons (Fsp3) is 0.846. The molecule has 0 aromatic rings. The van der Waals surface area contributed by atoms with Crippen LogP contribution < -0.4 is 0 Å². The van der Waals surface area contributed by atoms with E-state index in [9.17, 15) is 14.7 Å². The van der Waals surface area contributed by atoms with E-state index < -0.39 is 17.9 Å². The van der Waals surface area contributed by atoms with Crippen molar-refractivity contribution in [1.29, 1.82) is 0 Å². The summed E-state index contributed by atoms with van der Waals surface area (Å²) in [5.74, 6) is -2.06. The highest BCUT2D eigenvalue weighted by Crippen LogP contribution is 2.36. The van der Waals surface area contributed by atoms with Gasteiger partial charge in [-0.05, 0) is 31.6 Å². The summed E-state index contributed by atoms with van der Waals surface area (Å²) in [6, 6.07) is 0. The minimum atomic E-state index is -1.04. The molecular formula is C13H22O4. The molecule has 0 bridgehead atoms. The van der Waals surface area contributed by atoms with Gasteiger partial charge in [-0.15, -0.1) is 0 Å². The minimum absolute atomic E-state index is 0.0507. The van der Waals surface area contributed by atoms with Gasteiger partial charge in [0, 0.05) is 0 Å². The number of carbonyl (C=O) groups is 2. The summed E-state index contributed by atoms with van der Waals surface area (Å²) in [5, 5.41) is 9.18. The summed E-state index contributed by atoms with van der Waals surface area (Å²) in [5.41, 5.74) is 0. The Morgan fingerprint density at radius 3 is 2.59 bits per heavy atom. The summed E-state index contributed by atoms with van der Waals surface area (Å²) >= 11 is 0. The van der Waals surface area contributed by atoms with Gasteiger partial charge in [-0.25, -0.2) is 0 Å². The number of hydrogen-bond acceptors (Lipinski definition) is 3. The highest BCUT2D eigenvalue weighted by molar-refractivity contribution is 5.94. The van der Waals surface area contributed by atoms with Gasteiger partial charge in [0.05, 0.1) is 6.61 Å². The highest BCUT2D eigenvalue weighted by Gasteiger charge is 2.38. The van der Waals surface area contributed by atoms with Crippen LogP contribution in [0.15, 0.2) is 0 Å². The molecule has 0 heterocycles. The molecule has 0 saturated heterocycles. The Kier molecular flexibility index (Phi) is 5.45. The summed E-state index contributed by atoms with van der Waals surface area (Å²) in [4.78, 5) is 22.9. The number of carboxylic acid groups (broad SMARTS) is 1. The van der Waals surface area contributed by atoms with E-state index in [0.29, 0.717) is 5.92 Å².